The second kappa shape index (κ2) is 7.51. The van der Waals surface area contributed by atoms with Gasteiger partial charge >= 0.3 is 0 Å². The summed E-state index contributed by atoms with van der Waals surface area (Å²) in [5.74, 6) is 0.968. The van der Waals surface area contributed by atoms with Crippen LogP contribution < -0.4 is 26.6 Å². The first-order valence-electron chi connectivity index (χ1n) is 8.80. The van der Waals surface area contributed by atoms with Crippen LogP contribution in [0.4, 0.5) is 29.0 Å². The lowest BCUT2D eigenvalue weighted by Crippen LogP contribution is -2.28. The van der Waals surface area contributed by atoms with Gasteiger partial charge in [-0.25, -0.2) is 13.4 Å². The van der Waals surface area contributed by atoms with Gasteiger partial charge in [0.1, 0.15) is 5.76 Å². The number of hydrogen-bond acceptors (Lipinski definition) is 10. The maximum absolute atomic E-state index is 12.4. The van der Waals surface area contributed by atoms with Gasteiger partial charge in [0.2, 0.25) is 5.95 Å². The monoisotopic (exact) mass is 430 g/mol. The number of aliphatic imine (C=N–C) groups is 1. The SMILES string of the molecule is Cc1cc(NS(=O)(=O)c2ccc(NCC3=Nc4c(nc(N)[nH]c4=O)NC3)cc2)no1. The fraction of sp³-hybridized carbons (Fsp3) is 0.176. The van der Waals surface area contributed by atoms with Crippen LogP contribution in [0.2, 0.25) is 0 Å². The third-order valence-electron chi connectivity index (χ3n) is 4.17. The van der Waals surface area contributed by atoms with E-state index in [1.807, 2.05) is 0 Å². The second-order valence-corrected chi connectivity index (χ2v) is 8.17. The van der Waals surface area contributed by atoms with E-state index in [4.69, 9.17) is 10.3 Å². The van der Waals surface area contributed by atoms with Crippen molar-refractivity contribution in [2.24, 2.45) is 4.99 Å². The first-order chi connectivity index (χ1) is 14.3. The first-order valence-corrected chi connectivity index (χ1v) is 10.3. The number of fused-ring (bicyclic) bond motifs is 1. The van der Waals surface area contributed by atoms with E-state index in [1.54, 1.807) is 19.1 Å². The molecule has 0 spiro atoms. The molecule has 4 rings (SSSR count). The van der Waals surface area contributed by atoms with Gasteiger partial charge < -0.3 is 20.9 Å². The summed E-state index contributed by atoms with van der Waals surface area (Å²) in [6.07, 6.45) is 0. The van der Waals surface area contributed by atoms with Gasteiger partial charge in [-0.15, -0.1) is 0 Å². The van der Waals surface area contributed by atoms with Crippen molar-refractivity contribution in [3.05, 3.63) is 46.4 Å². The molecule has 0 saturated heterocycles. The number of aromatic amines is 1. The number of hydrogen-bond donors (Lipinski definition) is 5. The molecule has 0 aliphatic carbocycles. The number of anilines is 4. The zero-order valence-electron chi connectivity index (χ0n) is 15.8. The summed E-state index contributed by atoms with van der Waals surface area (Å²) in [6, 6.07) is 7.67. The quantitative estimate of drug-likeness (QED) is 0.382. The Kier molecular flexibility index (Phi) is 4.87. The summed E-state index contributed by atoms with van der Waals surface area (Å²) in [5, 5.41) is 9.76. The summed E-state index contributed by atoms with van der Waals surface area (Å²) in [4.78, 5) is 22.7. The van der Waals surface area contributed by atoms with Gasteiger partial charge in [-0.1, -0.05) is 5.16 Å². The molecule has 0 fully saturated rings. The molecule has 2 aromatic heterocycles. The molecule has 156 valence electrons. The van der Waals surface area contributed by atoms with Gasteiger partial charge in [0.05, 0.1) is 23.7 Å². The predicted molar refractivity (Wildman–Crippen MR) is 112 cm³/mol. The summed E-state index contributed by atoms with van der Waals surface area (Å²) in [5.41, 5.74) is 6.63. The van der Waals surface area contributed by atoms with Gasteiger partial charge in [0.15, 0.2) is 17.3 Å². The molecule has 13 heteroatoms. The zero-order valence-corrected chi connectivity index (χ0v) is 16.6. The average molecular weight is 430 g/mol. The Bertz CT molecular complexity index is 1280. The molecule has 12 nitrogen and oxygen atoms in total. The molecule has 1 aromatic carbocycles. The molecule has 1 aliphatic rings. The summed E-state index contributed by atoms with van der Waals surface area (Å²) < 4.78 is 32.0. The number of nitrogens with two attached hydrogens (primary N) is 1. The number of sulfonamides is 1. The highest BCUT2D eigenvalue weighted by molar-refractivity contribution is 7.92. The Morgan fingerprint density at radius 1 is 1.27 bits per heavy atom. The topological polar surface area (TPSA) is 180 Å². The lowest BCUT2D eigenvalue weighted by Gasteiger charge is -2.17. The summed E-state index contributed by atoms with van der Waals surface area (Å²) >= 11 is 0. The third kappa shape index (κ3) is 4.10. The Balaban J connectivity index is 1.43. The Hall–Kier alpha value is -3.87. The standard InChI is InChI=1S/C17H18N8O4S/c1-9-6-13(24-29-9)25-30(27,28)12-4-2-10(3-5-12)19-7-11-8-20-15-14(21-11)16(26)23-17(18)22-15/h2-6,19H,7-8H2,1H3,(H,24,25)(H4,18,20,22,23,26). The number of nitrogens with one attached hydrogen (secondary N) is 4. The van der Waals surface area contributed by atoms with Crippen LogP contribution >= 0.6 is 0 Å². The molecule has 0 atom stereocenters. The molecule has 0 amide bonds. The number of nitrogens with zero attached hydrogens (tertiary/aromatic N) is 3. The maximum atomic E-state index is 12.4. The molecule has 3 aromatic rings. The Morgan fingerprint density at radius 2 is 2.03 bits per heavy atom. The van der Waals surface area contributed by atoms with Crippen molar-refractivity contribution in [3.63, 3.8) is 0 Å². The molecule has 0 unspecified atom stereocenters. The fourth-order valence-electron chi connectivity index (χ4n) is 2.76. The molecular weight excluding hydrogens is 412 g/mol. The van der Waals surface area contributed by atoms with Crippen LogP contribution in [0.15, 0.2) is 49.5 Å². The van der Waals surface area contributed by atoms with Gasteiger partial charge in [-0.05, 0) is 31.2 Å². The predicted octanol–water partition coefficient (Wildman–Crippen LogP) is 1.06. The van der Waals surface area contributed by atoms with Crippen molar-refractivity contribution in [1.82, 2.24) is 15.1 Å². The highest BCUT2D eigenvalue weighted by Gasteiger charge is 2.18. The lowest BCUT2D eigenvalue weighted by atomic mass is 10.2. The minimum Gasteiger partial charge on any atom is -0.380 e. The molecule has 3 heterocycles. The molecule has 0 radical (unpaired) electrons. The Labute approximate surface area is 170 Å². The summed E-state index contributed by atoms with van der Waals surface area (Å²) in [6.45, 7) is 2.40. The molecule has 0 bridgehead atoms. The van der Waals surface area contributed by atoms with Crippen LogP contribution in [0.3, 0.4) is 0 Å². The number of H-pyrrole nitrogens is 1. The highest BCUT2D eigenvalue weighted by atomic mass is 32.2. The van der Waals surface area contributed by atoms with E-state index in [0.29, 0.717) is 36.1 Å². The van der Waals surface area contributed by atoms with E-state index >= 15 is 0 Å². The van der Waals surface area contributed by atoms with E-state index < -0.39 is 15.6 Å². The number of benzene rings is 1. The molecule has 0 saturated carbocycles. The molecular formula is C17H18N8O4S. The molecule has 6 N–H and O–H groups in total. The van der Waals surface area contributed by atoms with E-state index in [2.05, 4.69) is 35.5 Å². The largest absolute Gasteiger partial charge is 0.380 e. The second-order valence-electron chi connectivity index (χ2n) is 6.49. The van der Waals surface area contributed by atoms with Crippen LogP contribution in [-0.2, 0) is 10.0 Å². The third-order valence-corrected chi connectivity index (χ3v) is 5.54. The van der Waals surface area contributed by atoms with E-state index in [-0.39, 0.29) is 22.3 Å². The van der Waals surface area contributed by atoms with E-state index in [9.17, 15) is 13.2 Å². The van der Waals surface area contributed by atoms with Crippen molar-refractivity contribution >= 4 is 44.7 Å². The fourth-order valence-corrected chi connectivity index (χ4v) is 3.75. The van der Waals surface area contributed by atoms with Crippen molar-refractivity contribution in [3.8, 4) is 0 Å². The van der Waals surface area contributed by atoms with Crippen LogP contribution in [0.25, 0.3) is 0 Å². The summed E-state index contributed by atoms with van der Waals surface area (Å²) in [7, 11) is -3.78. The number of rotatable bonds is 6. The van der Waals surface area contributed by atoms with Gasteiger partial charge in [-0.2, -0.15) is 4.98 Å². The lowest BCUT2D eigenvalue weighted by molar-refractivity contribution is 0.400. The Morgan fingerprint density at radius 3 is 2.73 bits per heavy atom. The minimum absolute atomic E-state index is 0.0197. The van der Waals surface area contributed by atoms with Crippen molar-refractivity contribution in [2.45, 2.75) is 11.8 Å². The van der Waals surface area contributed by atoms with Crippen LogP contribution in [0.1, 0.15) is 5.76 Å². The average Bonchev–Trinajstić information content (AvgIpc) is 3.10. The van der Waals surface area contributed by atoms with E-state index in [1.165, 1.54) is 18.2 Å². The zero-order chi connectivity index (χ0) is 21.3. The highest BCUT2D eigenvalue weighted by Crippen LogP contribution is 2.22. The van der Waals surface area contributed by atoms with Gasteiger partial charge in [0, 0.05) is 11.8 Å². The number of aryl methyl sites for hydroxylation is 1. The minimum atomic E-state index is -3.78. The molecule has 1 aliphatic heterocycles. The smallest absolute Gasteiger partial charge is 0.280 e. The van der Waals surface area contributed by atoms with Crippen LogP contribution in [0, 0.1) is 6.92 Å². The molecule has 30 heavy (non-hydrogen) atoms. The maximum Gasteiger partial charge on any atom is 0.280 e. The number of aromatic nitrogens is 3. The van der Waals surface area contributed by atoms with Crippen LogP contribution in [-0.4, -0.2) is 42.3 Å². The van der Waals surface area contributed by atoms with Gasteiger partial charge in [0.25, 0.3) is 15.6 Å². The first kappa shape index (κ1) is 19.4. The van der Waals surface area contributed by atoms with Crippen molar-refractivity contribution in [2.75, 3.05) is 34.2 Å². The van der Waals surface area contributed by atoms with Crippen molar-refractivity contribution < 1.29 is 12.9 Å². The van der Waals surface area contributed by atoms with Crippen LogP contribution in [0.5, 0.6) is 0 Å². The normalized spacial score (nSPS) is 13.2. The number of nitrogen functional groups attached to an aromatic ring is 1. The van der Waals surface area contributed by atoms with Gasteiger partial charge in [-0.3, -0.25) is 14.5 Å². The van der Waals surface area contributed by atoms with E-state index in [0.717, 1.165) is 0 Å². The van der Waals surface area contributed by atoms with Crippen molar-refractivity contribution in [1.29, 1.82) is 0 Å².